The van der Waals surface area contributed by atoms with Gasteiger partial charge < -0.3 is 4.40 Å². The Morgan fingerprint density at radius 2 is 1.11 bits per heavy atom. The summed E-state index contributed by atoms with van der Waals surface area (Å²) in [4.78, 5) is 10.1. The van der Waals surface area contributed by atoms with E-state index in [1.807, 2.05) is 12.3 Å². The van der Waals surface area contributed by atoms with Crippen LogP contribution in [0.1, 0.15) is 0 Å². The van der Waals surface area contributed by atoms with Crippen molar-refractivity contribution < 1.29 is 0 Å². The van der Waals surface area contributed by atoms with Crippen LogP contribution in [0, 0.1) is 0 Å². The number of para-hydroxylation sites is 2. The van der Waals surface area contributed by atoms with Crippen molar-refractivity contribution >= 4 is 92.5 Å². The molecule has 4 nitrogen and oxygen atoms in total. The van der Waals surface area contributed by atoms with Gasteiger partial charge in [0.25, 0.3) is 0 Å². The molecule has 0 saturated carbocycles. The molecular weight excluding hydrogens is 536 g/mol. The zero-order chi connectivity index (χ0) is 28.5. The molecule has 0 saturated heterocycles. The average Bonchev–Trinajstić information content (AvgIpc) is 3.72. The summed E-state index contributed by atoms with van der Waals surface area (Å²) in [5, 5.41) is 12.4. The van der Waals surface area contributed by atoms with Gasteiger partial charge in [0.1, 0.15) is 5.82 Å². The minimum atomic E-state index is 0.897. The predicted molar refractivity (Wildman–Crippen MR) is 184 cm³/mol. The molecule has 44 heavy (non-hydrogen) atoms. The van der Waals surface area contributed by atoms with Crippen LogP contribution < -0.4 is 0 Å². The molecular formula is C40H22N4. The fourth-order valence-electron chi connectivity index (χ4n) is 7.86. The molecule has 0 amide bonds. The third-order valence-corrected chi connectivity index (χ3v) is 9.64. The Morgan fingerprint density at radius 3 is 2.02 bits per heavy atom. The quantitative estimate of drug-likeness (QED) is 0.188. The van der Waals surface area contributed by atoms with Gasteiger partial charge in [0.05, 0.1) is 38.6 Å². The molecule has 5 heterocycles. The zero-order valence-electron chi connectivity index (χ0n) is 23.5. The molecule has 0 radical (unpaired) electrons. The Balaban J connectivity index is 1.41. The lowest BCUT2D eigenvalue weighted by Crippen LogP contribution is -1.98. The van der Waals surface area contributed by atoms with Gasteiger partial charge in [-0.25, -0.2) is 4.98 Å². The molecule has 0 spiro atoms. The largest absolute Gasteiger partial charge is 0.308 e. The van der Waals surface area contributed by atoms with Gasteiger partial charge in [-0.05, 0) is 53.2 Å². The Kier molecular flexibility index (Phi) is 4.04. The van der Waals surface area contributed by atoms with Gasteiger partial charge in [-0.15, -0.1) is 0 Å². The van der Waals surface area contributed by atoms with Crippen molar-refractivity contribution in [2.45, 2.75) is 0 Å². The maximum atomic E-state index is 5.33. The summed E-state index contributed by atoms with van der Waals surface area (Å²) < 4.78 is 4.84. The molecule has 6 aromatic carbocycles. The number of nitrogens with zero attached hydrogens (tertiary/aromatic N) is 4. The molecule has 11 rings (SSSR count). The van der Waals surface area contributed by atoms with E-state index in [1.54, 1.807) is 0 Å². The number of hydrogen-bond acceptors (Lipinski definition) is 2. The lowest BCUT2D eigenvalue weighted by atomic mass is 9.98. The molecule has 0 aliphatic heterocycles. The SMILES string of the molecule is c1ccc2c(c1)ccc1c2c2c3c4ccccc4n(-c4ccc5ccc6cccnc6c5n4)c3cc3c4ccccc4n1c32. The van der Waals surface area contributed by atoms with Crippen molar-refractivity contribution in [3.63, 3.8) is 0 Å². The van der Waals surface area contributed by atoms with E-state index >= 15 is 0 Å². The summed E-state index contributed by atoms with van der Waals surface area (Å²) in [5.41, 5.74) is 7.93. The fraction of sp³-hybridized carbons (Fsp3) is 0. The number of hydrogen-bond donors (Lipinski definition) is 0. The predicted octanol–water partition coefficient (Wildman–Crippen LogP) is 10.2. The van der Waals surface area contributed by atoms with Crippen LogP contribution in [0.3, 0.4) is 0 Å². The number of aromatic nitrogens is 4. The molecule has 11 aromatic rings. The van der Waals surface area contributed by atoms with E-state index < -0.39 is 0 Å². The summed E-state index contributed by atoms with van der Waals surface area (Å²) in [6.45, 7) is 0. The Morgan fingerprint density at radius 1 is 0.432 bits per heavy atom. The minimum absolute atomic E-state index is 0.897. The van der Waals surface area contributed by atoms with E-state index in [9.17, 15) is 0 Å². The smallest absolute Gasteiger partial charge is 0.138 e. The Bertz CT molecular complexity index is 3000. The molecule has 0 aliphatic rings. The first-order valence-electron chi connectivity index (χ1n) is 15.0. The Hall–Kier alpha value is -6.00. The molecule has 0 bridgehead atoms. The molecule has 202 valence electrons. The molecule has 0 unspecified atom stereocenters. The standard InChI is InChI=1S/C40H22N4/c1-2-10-26-23(8-1)17-19-32-35(26)37-36-28-12-4-6-14-31(28)43(33(36)22-29-27-11-3-5-13-30(27)44(32)40(29)37)34-20-18-25-16-15-24-9-7-21-41-38(24)39(25)42-34/h1-22H. The highest BCUT2D eigenvalue weighted by atomic mass is 15.1. The number of benzene rings is 6. The molecule has 0 atom stereocenters. The van der Waals surface area contributed by atoms with Gasteiger partial charge in [-0.2, -0.15) is 0 Å². The van der Waals surface area contributed by atoms with Gasteiger partial charge in [0.2, 0.25) is 0 Å². The van der Waals surface area contributed by atoms with Gasteiger partial charge in [-0.1, -0.05) is 84.9 Å². The van der Waals surface area contributed by atoms with Crippen molar-refractivity contribution in [3.8, 4) is 5.82 Å². The van der Waals surface area contributed by atoms with Crippen molar-refractivity contribution in [2.75, 3.05) is 0 Å². The van der Waals surface area contributed by atoms with Crippen molar-refractivity contribution in [1.29, 1.82) is 0 Å². The number of fused-ring (bicyclic) bond motifs is 15. The van der Waals surface area contributed by atoms with Crippen LogP contribution in [0.4, 0.5) is 0 Å². The van der Waals surface area contributed by atoms with Crippen LogP contribution in [0.2, 0.25) is 0 Å². The second kappa shape index (κ2) is 7.88. The van der Waals surface area contributed by atoms with Crippen LogP contribution in [0.5, 0.6) is 0 Å². The average molecular weight is 559 g/mol. The van der Waals surface area contributed by atoms with Gasteiger partial charge in [0, 0.05) is 49.3 Å². The van der Waals surface area contributed by atoms with E-state index in [0.29, 0.717) is 0 Å². The van der Waals surface area contributed by atoms with E-state index in [-0.39, 0.29) is 0 Å². The van der Waals surface area contributed by atoms with Crippen LogP contribution in [-0.2, 0) is 0 Å². The summed E-state index contributed by atoms with van der Waals surface area (Å²) >= 11 is 0. The van der Waals surface area contributed by atoms with Crippen LogP contribution in [0.25, 0.3) is 98.3 Å². The Labute approximate surface area is 250 Å². The van der Waals surface area contributed by atoms with Crippen molar-refractivity contribution in [3.05, 3.63) is 134 Å². The van der Waals surface area contributed by atoms with Crippen LogP contribution >= 0.6 is 0 Å². The first-order valence-corrected chi connectivity index (χ1v) is 15.0. The van der Waals surface area contributed by atoms with Gasteiger partial charge >= 0.3 is 0 Å². The summed E-state index contributed by atoms with van der Waals surface area (Å²) in [5.74, 6) is 0.897. The van der Waals surface area contributed by atoms with Crippen molar-refractivity contribution in [2.24, 2.45) is 0 Å². The van der Waals surface area contributed by atoms with E-state index in [1.165, 1.54) is 59.6 Å². The molecule has 0 N–H and O–H groups in total. The third kappa shape index (κ3) is 2.65. The molecule has 0 aliphatic carbocycles. The highest BCUT2D eigenvalue weighted by Crippen LogP contribution is 2.48. The minimum Gasteiger partial charge on any atom is -0.308 e. The highest BCUT2D eigenvalue weighted by molar-refractivity contribution is 6.38. The second-order valence-corrected chi connectivity index (χ2v) is 11.8. The third-order valence-electron chi connectivity index (χ3n) is 9.64. The number of pyridine rings is 2. The lowest BCUT2D eigenvalue weighted by molar-refractivity contribution is 1.10. The monoisotopic (exact) mass is 558 g/mol. The zero-order valence-corrected chi connectivity index (χ0v) is 23.5. The summed E-state index contributed by atoms with van der Waals surface area (Å²) in [6.07, 6.45) is 1.85. The topological polar surface area (TPSA) is 35.1 Å². The van der Waals surface area contributed by atoms with E-state index in [4.69, 9.17) is 9.97 Å². The van der Waals surface area contributed by atoms with Crippen LogP contribution in [0.15, 0.2) is 134 Å². The van der Waals surface area contributed by atoms with Gasteiger partial charge in [-0.3, -0.25) is 9.55 Å². The first-order chi connectivity index (χ1) is 21.8. The normalized spacial score (nSPS) is 12.5. The maximum absolute atomic E-state index is 5.33. The molecule has 0 fully saturated rings. The first kappa shape index (κ1) is 22.6. The summed E-state index contributed by atoms with van der Waals surface area (Å²) in [7, 11) is 0. The van der Waals surface area contributed by atoms with E-state index in [2.05, 4.69) is 130 Å². The fourth-order valence-corrected chi connectivity index (χ4v) is 7.86. The second-order valence-electron chi connectivity index (χ2n) is 11.8. The number of rotatable bonds is 1. The molecule has 5 aromatic heterocycles. The maximum Gasteiger partial charge on any atom is 0.138 e. The highest BCUT2D eigenvalue weighted by Gasteiger charge is 2.25. The lowest BCUT2D eigenvalue weighted by Gasteiger charge is -2.10. The van der Waals surface area contributed by atoms with E-state index in [0.717, 1.165) is 38.7 Å². The van der Waals surface area contributed by atoms with Crippen molar-refractivity contribution in [1.82, 2.24) is 18.9 Å². The molecule has 4 heteroatoms. The van der Waals surface area contributed by atoms with Crippen LogP contribution in [-0.4, -0.2) is 18.9 Å². The summed E-state index contributed by atoms with van der Waals surface area (Å²) in [6, 6.07) is 46.0. The van der Waals surface area contributed by atoms with Gasteiger partial charge in [0.15, 0.2) is 0 Å².